The average Bonchev–Trinajstić information content (AvgIpc) is 2.83. The smallest absolute Gasteiger partial charge is 0.0127 e. The Kier molecular flexibility index (Phi) is 2.99. The van der Waals surface area contributed by atoms with E-state index in [-0.39, 0.29) is 0 Å². The van der Waals surface area contributed by atoms with Crippen molar-refractivity contribution >= 4 is 0 Å². The Labute approximate surface area is 106 Å². The number of rotatable bonds is 2. The zero-order valence-electron chi connectivity index (χ0n) is 11.5. The minimum absolute atomic E-state index is 0.534. The molecule has 0 heterocycles. The van der Waals surface area contributed by atoms with Crippen LogP contribution in [0.5, 0.6) is 0 Å². The number of hydrogen-bond donors (Lipinski definition) is 1. The first-order chi connectivity index (χ1) is 8.12. The molecule has 0 aromatic rings. The van der Waals surface area contributed by atoms with Crippen molar-refractivity contribution in [2.45, 2.75) is 51.0 Å². The molecular formula is C15H28N2. The van der Waals surface area contributed by atoms with Gasteiger partial charge in [0.15, 0.2) is 0 Å². The van der Waals surface area contributed by atoms with Crippen molar-refractivity contribution in [1.29, 1.82) is 0 Å². The zero-order valence-corrected chi connectivity index (χ0v) is 11.5. The van der Waals surface area contributed by atoms with Crippen molar-refractivity contribution in [1.82, 2.24) is 4.90 Å². The highest BCUT2D eigenvalue weighted by Crippen LogP contribution is 2.61. The molecule has 3 rings (SSSR count). The van der Waals surface area contributed by atoms with Gasteiger partial charge in [-0.15, -0.1) is 0 Å². The van der Waals surface area contributed by atoms with E-state index in [1.807, 2.05) is 0 Å². The lowest BCUT2D eigenvalue weighted by Crippen LogP contribution is -2.49. The van der Waals surface area contributed by atoms with Gasteiger partial charge in [-0.1, -0.05) is 6.42 Å². The molecule has 1 unspecified atom stereocenters. The lowest BCUT2D eigenvalue weighted by molar-refractivity contribution is 0.0407. The second-order valence-corrected chi connectivity index (χ2v) is 7.25. The van der Waals surface area contributed by atoms with Crippen LogP contribution in [0.3, 0.4) is 0 Å². The number of nitrogens with zero attached hydrogens (tertiary/aromatic N) is 1. The van der Waals surface area contributed by atoms with Crippen LogP contribution in [0.25, 0.3) is 0 Å². The summed E-state index contributed by atoms with van der Waals surface area (Å²) in [4.78, 5) is 2.36. The normalized spacial score (nSPS) is 49.4. The highest BCUT2D eigenvalue weighted by molar-refractivity contribution is 5.10. The first-order valence-corrected chi connectivity index (χ1v) is 7.52. The molecule has 17 heavy (non-hydrogen) atoms. The Morgan fingerprint density at radius 2 is 2.06 bits per heavy atom. The van der Waals surface area contributed by atoms with Crippen molar-refractivity contribution in [3.05, 3.63) is 0 Å². The fourth-order valence-corrected chi connectivity index (χ4v) is 5.41. The van der Waals surface area contributed by atoms with Crippen LogP contribution in [0.1, 0.15) is 44.9 Å². The van der Waals surface area contributed by atoms with Gasteiger partial charge in [0.05, 0.1) is 0 Å². The monoisotopic (exact) mass is 236 g/mol. The SMILES string of the molecule is CN(C)C[C@@H]1CCC[C@@]2(C1)C1CC[C@H](C1)[C@@H]2N. The van der Waals surface area contributed by atoms with Crippen molar-refractivity contribution in [2.24, 2.45) is 28.9 Å². The number of hydrogen-bond acceptors (Lipinski definition) is 2. The van der Waals surface area contributed by atoms with Crippen LogP contribution in [-0.4, -0.2) is 31.6 Å². The van der Waals surface area contributed by atoms with E-state index < -0.39 is 0 Å². The maximum absolute atomic E-state index is 6.61. The lowest BCUT2D eigenvalue weighted by atomic mass is 9.59. The first kappa shape index (κ1) is 12.0. The largest absolute Gasteiger partial charge is 0.327 e. The van der Waals surface area contributed by atoms with E-state index in [0.717, 1.165) is 17.8 Å². The van der Waals surface area contributed by atoms with Crippen molar-refractivity contribution in [2.75, 3.05) is 20.6 Å². The zero-order chi connectivity index (χ0) is 12.0. The van der Waals surface area contributed by atoms with Crippen molar-refractivity contribution in [3.8, 4) is 0 Å². The molecule has 0 radical (unpaired) electrons. The molecule has 3 aliphatic rings. The summed E-state index contributed by atoms with van der Waals surface area (Å²) in [5.74, 6) is 2.76. The van der Waals surface area contributed by atoms with E-state index >= 15 is 0 Å². The predicted molar refractivity (Wildman–Crippen MR) is 71.8 cm³/mol. The molecule has 0 amide bonds. The van der Waals surface area contributed by atoms with Crippen LogP contribution in [0.15, 0.2) is 0 Å². The number of fused-ring (bicyclic) bond motifs is 3. The third-order valence-electron chi connectivity index (χ3n) is 6.00. The van der Waals surface area contributed by atoms with Crippen LogP contribution in [0.2, 0.25) is 0 Å². The van der Waals surface area contributed by atoms with Crippen molar-refractivity contribution in [3.63, 3.8) is 0 Å². The molecule has 2 bridgehead atoms. The molecule has 1 spiro atoms. The first-order valence-electron chi connectivity index (χ1n) is 7.52. The molecular weight excluding hydrogens is 208 g/mol. The Balaban J connectivity index is 1.74. The fourth-order valence-electron chi connectivity index (χ4n) is 5.41. The molecule has 0 aromatic heterocycles. The van der Waals surface area contributed by atoms with E-state index in [1.54, 1.807) is 0 Å². The van der Waals surface area contributed by atoms with Crippen LogP contribution in [-0.2, 0) is 0 Å². The van der Waals surface area contributed by atoms with Crippen LogP contribution in [0, 0.1) is 23.2 Å². The minimum Gasteiger partial charge on any atom is -0.327 e. The number of nitrogens with two attached hydrogens (primary N) is 1. The third kappa shape index (κ3) is 1.84. The van der Waals surface area contributed by atoms with Crippen LogP contribution in [0.4, 0.5) is 0 Å². The van der Waals surface area contributed by atoms with E-state index in [9.17, 15) is 0 Å². The van der Waals surface area contributed by atoms with Gasteiger partial charge in [0.25, 0.3) is 0 Å². The molecule has 2 nitrogen and oxygen atoms in total. The molecule has 3 saturated carbocycles. The van der Waals surface area contributed by atoms with Gasteiger partial charge in [-0.25, -0.2) is 0 Å². The summed E-state index contributed by atoms with van der Waals surface area (Å²) in [6.07, 6.45) is 10.1. The van der Waals surface area contributed by atoms with Gasteiger partial charge in [0, 0.05) is 12.6 Å². The molecule has 2 N–H and O–H groups in total. The van der Waals surface area contributed by atoms with Crippen LogP contribution < -0.4 is 5.73 Å². The third-order valence-corrected chi connectivity index (χ3v) is 6.00. The van der Waals surface area contributed by atoms with Gasteiger partial charge in [0.2, 0.25) is 0 Å². The topological polar surface area (TPSA) is 29.3 Å². The molecule has 5 atom stereocenters. The van der Waals surface area contributed by atoms with Gasteiger partial charge < -0.3 is 10.6 Å². The van der Waals surface area contributed by atoms with E-state index in [1.165, 1.54) is 51.5 Å². The molecule has 3 aliphatic carbocycles. The quantitative estimate of drug-likeness (QED) is 0.798. The molecule has 98 valence electrons. The van der Waals surface area contributed by atoms with Gasteiger partial charge >= 0.3 is 0 Å². The van der Waals surface area contributed by atoms with Crippen molar-refractivity contribution < 1.29 is 0 Å². The maximum Gasteiger partial charge on any atom is 0.0127 e. The summed E-state index contributed by atoms with van der Waals surface area (Å²) in [5.41, 5.74) is 7.17. The summed E-state index contributed by atoms with van der Waals surface area (Å²) in [5, 5.41) is 0. The van der Waals surface area contributed by atoms with Gasteiger partial charge in [-0.2, -0.15) is 0 Å². The molecule has 0 aliphatic heterocycles. The standard InChI is InChI=1S/C15H28N2/c1-17(2)10-11-4-3-7-15(9-11)13-6-5-12(8-13)14(15)16/h11-14H,3-10,16H2,1-2H3/t11-,12-,13?,14+,15-/m1/s1. The van der Waals surface area contributed by atoms with Gasteiger partial charge in [0.1, 0.15) is 0 Å². The second kappa shape index (κ2) is 4.24. The lowest BCUT2D eigenvalue weighted by Gasteiger charge is -2.48. The summed E-state index contributed by atoms with van der Waals surface area (Å²) >= 11 is 0. The summed E-state index contributed by atoms with van der Waals surface area (Å²) in [6, 6.07) is 0.534. The summed E-state index contributed by atoms with van der Waals surface area (Å²) in [7, 11) is 4.42. The fraction of sp³-hybridized carbons (Fsp3) is 1.00. The maximum atomic E-state index is 6.61. The van der Waals surface area contributed by atoms with Gasteiger partial charge in [-0.3, -0.25) is 0 Å². The van der Waals surface area contributed by atoms with E-state index in [0.29, 0.717) is 11.5 Å². The second-order valence-electron chi connectivity index (χ2n) is 7.25. The molecule has 2 heteroatoms. The highest BCUT2D eigenvalue weighted by Gasteiger charge is 2.57. The Bertz CT molecular complexity index is 285. The van der Waals surface area contributed by atoms with Crippen LogP contribution >= 0.6 is 0 Å². The summed E-state index contributed by atoms with van der Waals surface area (Å²) < 4.78 is 0. The molecule has 3 fully saturated rings. The molecule has 0 aromatic carbocycles. The Hall–Kier alpha value is -0.0800. The predicted octanol–water partition coefficient (Wildman–Crippen LogP) is 2.48. The van der Waals surface area contributed by atoms with E-state index in [2.05, 4.69) is 19.0 Å². The highest BCUT2D eigenvalue weighted by atomic mass is 15.1. The van der Waals surface area contributed by atoms with E-state index in [4.69, 9.17) is 5.73 Å². The van der Waals surface area contributed by atoms with Gasteiger partial charge in [-0.05, 0) is 75.8 Å². The molecule has 0 saturated heterocycles. The average molecular weight is 236 g/mol. The summed E-state index contributed by atoms with van der Waals surface area (Å²) in [6.45, 7) is 1.27. The Morgan fingerprint density at radius 3 is 2.71 bits per heavy atom. The Morgan fingerprint density at radius 1 is 1.24 bits per heavy atom. The minimum atomic E-state index is 0.534.